The molecule has 38 heavy (non-hydrogen) atoms. The van der Waals surface area contributed by atoms with Crippen LogP contribution in [-0.4, -0.2) is 55.6 Å². The van der Waals surface area contributed by atoms with E-state index in [9.17, 15) is 14.9 Å². The van der Waals surface area contributed by atoms with E-state index in [-0.39, 0.29) is 23.9 Å². The number of anilines is 2. The van der Waals surface area contributed by atoms with Crippen molar-refractivity contribution in [2.45, 2.75) is 57.5 Å². The summed E-state index contributed by atoms with van der Waals surface area (Å²) in [7, 11) is 0. The summed E-state index contributed by atoms with van der Waals surface area (Å²) in [5.41, 5.74) is 2.86. The fourth-order valence-electron chi connectivity index (χ4n) is 5.53. The summed E-state index contributed by atoms with van der Waals surface area (Å²) in [6, 6.07) is 11.5. The highest BCUT2D eigenvalue weighted by Gasteiger charge is 2.28. The van der Waals surface area contributed by atoms with E-state index in [4.69, 9.17) is 0 Å². The third-order valence-corrected chi connectivity index (χ3v) is 7.39. The Hall–Kier alpha value is -4.26. The fraction of sp³-hybridized carbons (Fsp3) is 0.429. The topological polar surface area (TPSA) is 129 Å². The first-order valence-electron chi connectivity index (χ1n) is 13.2. The molecular formula is C28H32N8O2. The van der Waals surface area contributed by atoms with Gasteiger partial charge in [-0.2, -0.15) is 10.4 Å². The van der Waals surface area contributed by atoms with Crippen molar-refractivity contribution in [3.63, 3.8) is 0 Å². The van der Waals surface area contributed by atoms with Crippen LogP contribution in [0.25, 0.3) is 11.3 Å². The van der Waals surface area contributed by atoms with Crippen LogP contribution in [0.3, 0.4) is 0 Å². The predicted molar refractivity (Wildman–Crippen MR) is 142 cm³/mol. The number of amides is 2. The normalized spacial score (nSPS) is 18.2. The molecule has 1 aromatic carbocycles. The van der Waals surface area contributed by atoms with Gasteiger partial charge in [-0.15, -0.1) is 0 Å². The molecule has 2 N–H and O–H groups in total. The molecule has 2 fully saturated rings. The zero-order chi connectivity index (χ0) is 26.5. The minimum absolute atomic E-state index is 0.00778. The first kappa shape index (κ1) is 25.4. The van der Waals surface area contributed by atoms with Gasteiger partial charge in [-0.25, -0.2) is 9.97 Å². The lowest BCUT2D eigenvalue weighted by Gasteiger charge is -2.21. The number of benzene rings is 1. The molecule has 3 heterocycles. The molecule has 1 saturated heterocycles. The lowest BCUT2D eigenvalue weighted by atomic mass is 9.96. The molecular weight excluding hydrogens is 480 g/mol. The first-order valence-corrected chi connectivity index (χ1v) is 13.2. The zero-order valence-corrected chi connectivity index (χ0v) is 21.5. The van der Waals surface area contributed by atoms with Gasteiger partial charge in [-0.05, 0) is 49.4 Å². The van der Waals surface area contributed by atoms with Crippen LogP contribution in [-0.2, 0) is 4.79 Å². The summed E-state index contributed by atoms with van der Waals surface area (Å²) in [5.74, 6) is 0.742. The third kappa shape index (κ3) is 5.83. The minimum atomic E-state index is -0.0825. The maximum absolute atomic E-state index is 13.0. The van der Waals surface area contributed by atoms with Crippen molar-refractivity contribution in [1.29, 1.82) is 5.26 Å². The monoisotopic (exact) mass is 512 g/mol. The largest absolute Gasteiger partial charge is 0.352 e. The molecule has 1 unspecified atom stereocenters. The van der Waals surface area contributed by atoms with E-state index < -0.39 is 0 Å². The highest BCUT2D eigenvalue weighted by molar-refractivity contribution is 5.95. The molecule has 1 aliphatic heterocycles. The molecule has 10 nitrogen and oxygen atoms in total. The molecule has 2 atom stereocenters. The number of carbonyl (C=O) groups is 2. The standard InChI is InChI=1S/C28H32N8O2/c1-19(37)32-24-11-14-35(18-24)27(38)21-7-4-8-23(15-21)33-28-30-13-10-25(34-28)22-16-31-36(17-22)26(9-12-29)20-5-2-3-6-20/h4,7-8,10,13,15-17,20,24,26H,2-3,5-6,9,11,14,18H2,1H3,(H,32,37)(H,30,33,34)/t24-,26?/m1/s1. The van der Waals surface area contributed by atoms with Gasteiger partial charge >= 0.3 is 0 Å². The molecule has 0 bridgehead atoms. The molecule has 196 valence electrons. The van der Waals surface area contributed by atoms with Crippen molar-refractivity contribution in [1.82, 2.24) is 30.0 Å². The van der Waals surface area contributed by atoms with E-state index in [1.165, 1.54) is 19.8 Å². The summed E-state index contributed by atoms with van der Waals surface area (Å²) in [4.78, 5) is 35.2. The number of aromatic nitrogens is 4. The highest BCUT2D eigenvalue weighted by atomic mass is 16.2. The van der Waals surface area contributed by atoms with Crippen molar-refractivity contribution >= 4 is 23.5 Å². The Morgan fingerprint density at radius 1 is 1.21 bits per heavy atom. The molecule has 2 aliphatic rings. The lowest BCUT2D eigenvalue weighted by molar-refractivity contribution is -0.119. The molecule has 1 aliphatic carbocycles. The van der Waals surface area contributed by atoms with E-state index in [1.54, 1.807) is 29.4 Å². The average Bonchev–Trinajstić information content (AvgIpc) is 3.70. The van der Waals surface area contributed by atoms with E-state index in [0.29, 0.717) is 42.6 Å². The first-order chi connectivity index (χ1) is 18.5. The minimum Gasteiger partial charge on any atom is -0.352 e. The second kappa shape index (κ2) is 11.4. The molecule has 2 amide bonds. The number of nitrogens with zero attached hydrogens (tertiary/aromatic N) is 6. The third-order valence-electron chi connectivity index (χ3n) is 7.39. The van der Waals surface area contributed by atoms with Crippen LogP contribution in [0.15, 0.2) is 48.9 Å². The van der Waals surface area contributed by atoms with Gasteiger partial charge in [-0.1, -0.05) is 18.9 Å². The molecule has 1 saturated carbocycles. The van der Waals surface area contributed by atoms with E-state index in [1.807, 2.05) is 29.1 Å². The maximum Gasteiger partial charge on any atom is 0.254 e. The van der Waals surface area contributed by atoms with Gasteiger partial charge < -0.3 is 15.5 Å². The number of nitriles is 1. The van der Waals surface area contributed by atoms with Gasteiger partial charge in [0.2, 0.25) is 11.9 Å². The molecule has 5 rings (SSSR count). The summed E-state index contributed by atoms with van der Waals surface area (Å²) >= 11 is 0. The van der Waals surface area contributed by atoms with Gasteiger partial charge in [0.25, 0.3) is 5.91 Å². The predicted octanol–water partition coefficient (Wildman–Crippen LogP) is 4.08. The van der Waals surface area contributed by atoms with Crippen molar-refractivity contribution in [2.24, 2.45) is 5.92 Å². The van der Waals surface area contributed by atoms with E-state index >= 15 is 0 Å². The number of hydrogen-bond acceptors (Lipinski definition) is 7. The Bertz CT molecular complexity index is 1340. The van der Waals surface area contributed by atoms with E-state index in [0.717, 1.165) is 30.5 Å². The number of nitrogens with one attached hydrogen (secondary N) is 2. The quantitative estimate of drug-likeness (QED) is 0.465. The summed E-state index contributed by atoms with van der Waals surface area (Å²) in [6.45, 7) is 2.60. The number of hydrogen-bond donors (Lipinski definition) is 2. The molecule has 0 radical (unpaired) electrons. The SMILES string of the molecule is CC(=O)N[C@@H]1CCN(C(=O)c2cccc(Nc3nccc(-c4cnn(C(CC#N)C5CCCC5)c4)n3)c2)C1. The smallest absolute Gasteiger partial charge is 0.254 e. The number of rotatable bonds is 8. The summed E-state index contributed by atoms with van der Waals surface area (Å²) in [5, 5.41) is 20.0. The van der Waals surface area contributed by atoms with Gasteiger partial charge in [0.05, 0.1) is 30.4 Å². The Morgan fingerprint density at radius 2 is 2.05 bits per heavy atom. The molecule has 0 spiro atoms. The van der Waals surface area contributed by atoms with Crippen LogP contribution in [0.4, 0.5) is 11.6 Å². The van der Waals surface area contributed by atoms with Crippen LogP contribution >= 0.6 is 0 Å². The molecule has 2 aromatic heterocycles. The summed E-state index contributed by atoms with van der Waals surface area (Å²) in [6.07, 6.45) is 11.3. The van der Waals surface area contributed by atoms with Crippen LogP contribution < -0.4 is 10.6 Å². The molecule has 3 aromatic rings. The van der Waals surface area contributed by atoms with Gasteiger partial charge in [0.1, 0.15) is 0 Å². The Labute approximate surface area is 222 Å². The second-order valence-corrected chi connectivity index (χ2v) is 10.1. The van der Waals surface area contributed by atoms with Crippen molar-refractivity contribution in [2.75, 3.05) is 18.4 Å². The molecule has 10 heteroatoms. The highest BCUT2D eigenvalue weighted by Crippen LogP contribution is 2.36. The van der Waals surface area contributed by atoms with E-state index in [2.05, 4.69) is 31.8 Å². The number of likely N-dealkylation sites (tertiary alicyclic amines) is 1. The Kier molecular flexibility index (Phi) is 7.63. The van der Waals surface area contributed by atoms with Gasteiger partial charge in [0.15, 0.2) is 0 Å². The van der Waals surface area contributed by atoms with Crippen LogP contribution in [0.2, 0.25) is 0 Å². The van der Waals surface area contributed by atoms with Crippen molar-refractivity contribution in [3.8, 4) is 17.3 Å². The van der Waals surface area contributed by atoms with Crippen LogP contribution in [0, 0.1) is 17.2 Å². The lowest BCUT2D eigenvalue weighted by Crippen LogP contribution is -2.37. The van der Waals surface area contributed by atoms with Crippen molar-refractivity contribution < 1.29 is 9.59 Å². The number of carbonyl (C=O) groups excluding carboxylic acids is 2. The summed E-state index contributed by atoms with van der Waals surface area (Å²) < 4.78 is 1.92. The van der Waals surface area contributed by atoms with Crippen molar-refractivity contribution in [3.05, 3.63) is 54.5 Å². The maximum atomic E-state index is 13.0. The Balaban J connectivity index is 1.28. The zero-order valence-electron chi connectivity index (χ0n) is 21.5. The van der Waals surface area contributed by atoms with Crippen LogP contribution in [0.1, 0.15) is 61.8 Å². The van der Waals surface area contributed by atoms with Crippen LogP contribution in [0.5, 0.6) is 0 Å². The second-order valence-electron chi connectivity index (χ2n) is 10.1. The van der Waals surface area contributed by atoms with Gasteiger partial charge in [-0.3, -0.25) is 14.3 Å². The average molecular weight is 513 g/mol. The fourth-order valence-corrected chi connectivity index (χ4v) is 5.53. The van der Waals surface area contributed by atoms with Gasteiger partial charge in [0, 0.05) is 55.3 Å². The Morgan fingerprint density at radius 3 is 2.84 bits per heavy atom.